The van der Waals surface area contributed by atoms with E-state index in [1.54, 1.807) is 0 Å². The molecule has 4 aromatic rings. The van der Waals surface area contributed by atoms with Gasteiger partial charge in [-0.15, -0.1) is 0 Å². The Morgan fingerprint density at radius 2 is 1.36 bits per heavy atom. The number of hydrogen-bond acceptors (Lipinski definition) is 19. The first-order valence-corrected chi connectivity index (χ1v) is 18.7. The summed E-state index contributed by atoms with van der Waals surface area (Å²) in [4.78, 5) is 64.2. The molecule has 0 spiro atoms. The largest absolute Gasteiger partial charge is 0.472 e. The van der Waals surface area contributed by atoms with Gasteiger partial charge < -0.3 is 45.3 Å². The molecular weight excluding hydrogens is 737 g/mol. The fourth-order valence-corrected chi connectivity index (χ4v) is 7.44. The minimum Gasteiger partial charge on any atom is -0.382 e. The summed E-state index contributed by atoms with van der Waals surface area (Å²) in [6, 6.07) is 0. The first kappa shape index (κ1) is 36.7. The summed E-state index contributed by atoms with van der Waals surface area (Å²) in [6.07, 6.45) is -4.17. The number of methoxy groups -OCH3 is 1. The Morgan fingerprint density at radius 1 is 0.780 bits per heavy atom. The summed E-state index contributed by atoms with van der Waals surface area (Å²) < 4.78 is 82.5. The summed E-state index contributed by atoms with van der Waals surface area (Å²) >= 11 is 0. The minimum atomic E-state index is -5.19. The first-order valence-electron chi connectivity index (χ1n) is 14.2. The fourth-order valence-electron chi connectivity index (χ4n) is 5.46. The average molecular weight is 768 g/mol. The number of anilines is 2. The molecule has 2 aliphatic rings. The lowest BCUT2D eigenvalue weighted by Gasteiger charge is -2.25. The lowest BCUT2D eigenvalue weighted by atomic mass is 10.1. The minimum absolute atomic E-state index is 0.0477. The van der Waals surface area contributed by atoms with Crippen LogP contribution in [0.1, 0.15) is 18.9 Å². The van der Waals surface area contributed by atoms with E-state index in [0.29, 0.717) is 0 Å². The van der Waals surface area contributed by atoms with Crippen molar-refractivity contribution in [1.82, 2.24) is 39.0 Å². The summed E-state index contributed by atoms with van der Waals surface area (Å²) in [5, 5.41) is 0. The van der Waals surface area contributed by atoms with Gasteiger partial charge in [0.25, 0.3) is 0 Å². The third-order valence-corrected chi connectivity index (χ3v) is 10.1. The van der Waals surface area contributed by atoms with Gasteiger partial charge in [0, 0.05) is 20.6 Å². The molecule has 9 atom stereocenters. The highest BCUT2D eigenvalue weighted by atomic mass is 31.2. The third kappa shape index (κ3) is 7.72. The van der Waals surface area contributed by atoms with E-state index in [1.165, 1.54) is 41.6 Å². The highest BCUT2D eigenvalue weighted by Gasteiger charge is 2.51. The van der Waals surface area contributed by atoms with Crippen molar-refractivity contribution < 1.29 is 70.1 Å². The summed E-state index contributed by atoms with van der Waals surface area (Å²) in [5.74, 6) is 0.132. The molecule has 0 radical (unpaired) electrons. The molecule has 0 saturated carbocycles. The maximum Gasteiger partial charge on any atom is 0.472 e. The van der Waals surface area contributed by atoms with E-state index >= 15 is 0 Å². The average Bonchev–Trinajstić information content (AvgIpc) is 3.83. The first-order chi connectivity index (χ1) is 23.6. The van der Waals surface area contributed by atoms with Gasteiger partial charge in [0.15, 0.2) is 29.2 Å². The van der Waals surface area contributed by atoms with Crippen LogP contribution in [0, 0.1) is 0 Å². The van der Waals surface area contributed by atoms with Gasteiger partial charge >= 0.3 is 23.5 Å². The molecule has 0 aromatic carbocycles. The Balaban J connectivity index is 1.21. The second-order valence-electron chi connectivity index (χ2n) is 10.7. The lowest BCUT2D eigenvalue weighted by Crippen LogP contribution is -2.37. The van der Waals surface area contributed by atoms with Crippen molar-refractivity contribution in [1.29, 1.82) is 0 Å². The molecule has 4 aromatic heterocycles. The van der Waals surface area contributed by atoms with E-state index < -0.39 is 79.7 Å². The van der Waals surface area contributed by atoms with Gasteiger partial charge in [-0.3, -0.25) is 31.8 Å². The predicted molar refractivity (Wildman–Crippen MR) is 163 cm³/mol. The Hall–Kier alpha value is -3.09. The molecular formula is C22H31N10O15P3. The summed E-state index contributed by atoms with van der Waals surface area (Å²) in [6.45, 7) is -1.46. The molecule has 8 N–H and O–H groups in total. The molecule has 50 heavy (non-hydrogen) atoms. The van der Waals surface area contributed by atoms with Crippen molar-refractivity contribution in [3.05, 3.63) is 25.3 Å². The van der Waals surface area contributed by atoms with Gasteiger partial charge in [0.2, 0.25) is 0 Å². The van der Waals surface area contributed by atoms with Gasteiger partial charge in [0.1, 0.15) is 60.4 Å². The normalized spacial score (nSPS) is 28.3. The molecule has 2 aliphatic heterocycles. The molecule has 274 valence electrons. The lowest BCUT2D eigenvalue weighted by molar-refractivity contribution is -0.0622. The van der Waals surface area contributed by atoms with E-state index in [2.05, 4.69) is 34.4 Å². The molecule has 3 unspecified atom stereocenters. The van der Waals surface area contributed by atoms with E-state index in [-0.39, 0.29) is 40.4 Å². The molecule has 2 fully saturated rings. The number of nitrogens with two attached hydrogens (primary N) is 2. The number of nitrogens with zero attached hydrogens (tertiary/aromatic N) is 8. The SMILES string of the molecule is COC1[C@H](n2cnc3c(N)ncnc32)O[C@H](COP(=O)(O)O[C@H]2C[C@H](n3cnc4c(N)ncnc43)O[C@@H]2COP(=O)(O)OC)[C@H]1OP(=O)(O)O. The highest BCUT2D eigenvalue weighted by Crippen LogP contribution is 2.51. The maximum atomic E-state index is 13.3. The number of phosphoric ester groups is 3. The smallest absolute Gasteiger partial charge is 0.382 e. The zero-order valence-corrected chi connectivity index (χ0v) is 28.5. The second kappa shape index (κ2) is 14.1. The number of phosphoric acid groups is 3. The van der Waals surface area contributed by atoms with Crippen LogP contribution in [0.3, 0.4) is 0 Å². The third-order valence-electron chi connectivity index (χ3n) is 7.66. The van der Waals surface area contributed by atoms with Crippen LogP contribution in [0.25, 0.3) is 22.3 Å². The van der Waals surface area contributed by atoms with Crippen molar-refractivity contribution in [3.8, 4) is 0 Å². The molecule has 6 rings (SSSR count). The topological polar surface area (TPSA) is 345 Å². The Bertz CT molecular complexity index is 1990. The van der Waals surface area contributed by atoms with Crippen LogP contribution in [0.2, 0.25) is 0 Å². The monoisotopic (exact) mass is 768 g/mol. The predicted octanol–water partition coefficient (Wildman–Crippen LogP) is -0.226. The van der Waals surface area contributed by atoms with E-state index in [0.717, 1.165) is 7.11 Å². The zero-order valence-electron chi connectivity index (χ0n) is 25.8. The van der Waals surface area contributed by atoms with Crippen LogP contribution in [0.4, 0.5) is 11.6 Å². The van der Waals surface area contributed by atoms with Gasteiger partial charge in [-0.2, -0.15) is 0 Å². The second-order valence-corrected chi connectivity index (χ2v) is 14.9. The van der Waals surface area contributed by atoms with Crippen molar-refractivity contribution in [2.75, 3.05) is 38.9 Å². The Morgan fingerprint density at radius 3 is 1.96 bits per heavy atom. The highest BCUT2D eigenvalue weighted by molar-refractivity contribution is 7.47. The van der Waals surface area contributed by atoms with Gasteiger partial charge in [-0.25, -0.2) is 43.6 Å². The van der Waals surface area contributed by atoms with E-state index in [4.69, 9.17) is 43.8 Å². The maximum absolute atomic E-state index is 13.3. The van der Waals surface area contributed by atoms with Crippen molar-refractivity contribution in [3.63, 3.8) is 0 Å². The van der Waals surface area contributed by atoms with Crippen LogP contribution in [0.5, 0.6) is 0 Å². The van der Waals surface area contributed by atoms with Gasteiger partial charge in [-0.05, 0) is 0 Å². The van der Waals surface area contributed by atoms with Crippen LogP contribution < -0.4 is 11.5 Å². The van der Waals surface area contributed by atoms with Crippen molar-refractivity contribution in [2.45, 2.75) is 49.4 Å². The molecule has 0 amide bonds. The number of imidazole rings is 2. The van der Waals surface area contributed by atoms with Crippen molar-refractivity contribution >= 4 is 57.4 Å². The molecule has 0 bridgehead atoms. The molecule has 6 heterocycles. The summed E-state index contributed by atoms with van der Waals surface area (Å²) in [5.41, 5.74) is 12.6. The fraction of sp³-hybridized carbons (Fsp3) is 0.545. The van der Waals surface area contributed by atoms with E-state index in [9.17, 15) is 33.3 Å². The number of nitrogen functional groups attached to an aromatic ring is 2. The Labute approximate surface area is 280 Å². The standard InChI is InChI=1S/C22H31N10O15P3/c1-40-17-16(47-48(33,34)35)12(45-22(17)32-9-30-15-19(24)26-7-28-21(15)32)5-43-50(38,39)46-10-3-13(44-11(10)4-42-49(36,37)41-2)31-8-29-14-18(23)25-6-27-20(14)31/h6-13,16-17,22H,3-5H2,1-2H3,(H,36,37)(H,38,39)(H2,23,25,27)(H2,24,26,28)(H2,33,34,35)/t10-,11+,12+,13+,16+,17?,22+/m0/s1. The quantitative estimate of drug-likeness (QED) is 0.0902. The number of fused-ring (bicyclic) bond motifs is 2. The van der Waals surface area contributed by atoms with Crippen LogP contribution >= 0.6 is 23.5 Å². The molecule has 0 aliphatic carbocycles. The van der Waals surface area contributed by atoms with Crippen molar-refractivity contribution in [2.24, 2.45) is 0 Å². The molecule has 28 heteroatoms. The summed E-state index contributed by atoms with van der Waals surface area (Å²) in [7, 11) is -12.6. The Kier molecular flexibility index (Phi) is 10.4. The van der Waals surface area contributed by atoms with Crippen LogP contribution in [-0.4, -0.2) is 117 Å². The zero-order chi connectivity index (χ0) is 36.0. The van der Waals surface area contributed by atoms with Gasteiger partial charge in [-0.1, -0.05) is 0 Å². The number of ether oxygens (including phenoxy) is 3. The van der Waals surface area contributed by atoms with E-state index in [1.807, 2.05) is 0 Å². The van der Waals surface area contributed by atoms with Crippen LogP contribution in [-0.2, 0) is 50.5 Å². The molecule has 25 nitrogen and oxygen atoms in total. The van der Waals surface area contributed by atoms with Crippen LogP contribution in [0.15, 0.2) is 25.3 Å². The number of hydrogen-bond donors (Lipinski definition) is 6. The molecule has 2 saturated heterocycles. The number of aromatic nitrogens is 8. The van der Waals surface area contributed by atoms with Gasteiger partial charge in [0.05, 0.1) is 25.9 Å². The number of rotatable bonds is 14.